The lowest BCUT2D eigenvalue weighted by molar-refractivity contribution is -0.138. The normalized spacial score (nSPS) is 15.5. The number of amides is 2. The lowest BCUT2D eigenvalue weighted by atomic mass is 9.94. The van der Waals surface area contributed by atoms with Crippen LogP contribution in [0.25, 0.3) is 0 Å². The third-order valence-electron chi connectivity index (χ3n) is 5.06. The molecule has 1 aliphatic heterocycles. The Morgan fingerprint density at radius 1 is 1.24 bits per heavy atom. The third-order valence-corrected chi connectivity index (χ3v) is 5.06. The van der Waals surface area contributed by atoms with E-state index in [1.807, 2.05) is 6.92 Å². The van der Waals surface area contributed by atoms with E-state index >= 15 is 0 Å². The number of nitrogens with one attached hydrogen (secondary N) is 1. The summed E-state index contributed by atoms with van der Waals surface area (Å²) < 4.78 is 11.0. The fourth-order valence-corrected chi connectivity index (χ4v) is 3.41. The van der Waals surface area contributed by atoms with Crippen molar-refractivity contribution in [1.82, 2.24) is 10.2 Å². The van der Waals surface area contributed by atoms with Crippen molar-refractivity contribution < 1.29 is 29.0 Å². The molecule has 1 atom stereocenters. The largest absolute Gasteiger partial charge is 0.493 e. The minimum absolute atomic E-state index is 0.00471. The van der Waals surface area contributed by atoms with E-state index in [2.05, 4.69) is 5.32 Å². The minimum atomic E-state index is -1.01. The van der Waals surface area contributed by atoms with Crippen LogP contribution in [-0.4, -0.2) is 54.6 Å². The smallest absolute Gasteiger partial charge is 0.305 e. The van der Waals surface area contributed by atoms with Gasteiger partial charge >= 0.3 is 5.97 Å². The van der Waals surface area contributed by atoms with Crippen LogP contribution >= 0.6 is 0 Å². The number of aliphatic carboxylic acids is 1. The number of carbonyl (C=O) groups excluding carboxylic acids is 2. The molecular formula is C21H30N2O6. The predicted molar refractivity (Wildman–Crippen MR) is 107 cm³/mol. The number of benzene rings is 1. The number of methoxy groups -OCH3 is 1. The summed E-state index contributed by atoms with van der Waals surface area (Å²) in [5.41, 5.74) is 0.641. The second-order valence-corrected chi connectivity index (χ2v) is 7.20. The maximum absolute atomic E-state index is 12.7. The molecule has 0 bridgehead atoms. The van der Waals surface area contributed by atoms with Crippen LogP contribution in [0.1, 0.15) is 51.1 Å². The van der Waals surface area contributed by atoms with E-state index in [1.54, 1.807) is 23.1 Å². The summed E-state index contributed by atoms with van der Waals surface area (Å²) in [5.74, 6) is -0.358. The van der Waals surface area contributed by atoms with E-state index in [9.17, 15) is 19.5 Å². The molecule has 1 aromatic rings. The standard InChI is InChI=1S/C21H30N2O6/c1-4-11-29-18-6-5-16(12-19(18)28-3)17(13-20(25)26)22-21(27)15-7-9-23(10-8-15)14(2)24/h5-6,12,15,17H,4,7-11,13H2,1-3H3,(H,22,27)(H,25,26). The van der Waals surface area contributed by atoms with Crippen molar-refractivity contribution >= 4 is 17.8 Å². The van der Waals surface area contributed by atoms with Gasteiger partial charge in [-0.1, -0.05) is 13.0 Å². The summed E-state index contributed by atoms with van der Waals surface area (Å²) in [6.45, 7) is 5.14. The second-order valence-electron chi connectivity index (χ2n) is 7.20. The lowest BCUT2D eigenvalue weighted by Crippen LogP contribution is -2.43. The minimum Gasteiger partial charge on any atom is -0.493 e. The number of carboxylic acids is 1. The van der Waals surface area contributed by atoms with Gasteiger partial charge in [0.2, 0.25) is 11.8 Å². The van der Waals surface area contributed by atoms with Crippen LogP contribution in [0.3, 0.4) is 0 Å². The van der Waals surface area contributed by atoms with Crippen LogP contribution in [-0.2, 0) is 14.4 Å². The van der Waals surface area contributed by atoms with Crippen molar-refractivity contribution in [3.8, 4) is 11.5 Å². The second kappa shape index (κ2) is 10.7. The van der Waals surface area contributed by atoms with Crippen LogP contribution in [0.15, 0.2) is 18.2 Å². The number of ether oxygens (including phenoxy) is 2. The van der Waals surface area contributed by atoms with Crippen molar-refractivity contribution in [2.24, 2.45) is 5.92 Å². The maximum Gasteiger partial charge on any atom is 0.305 e. The Hall–Kier alpha value is -2.77. The van der Waals surface area contributed by atoms with Gasteiger partial charge in [-0.15, -0.1) is 0 Å². The van der Waals surface area contributed by atoms with Gasteiger partial charge in [0.15, 0.2) is 11.5 Å². The van der Waals surface area contributed by atoms with Crippen molar-refractivity contribution in [3.63, 3.8) is 0 Å². The average Bonchev–Trinajstić information content (AvgIpc) is 2.71. The lowest BCUT2D eigenvalue weighted by Gasteiger charge is -2.31. The maximum atomic E-state index is 12.7. The van der Waals surface area contributed by atoms with Gasteiger partial charge in [-0.25, -0.2) is 0 Å². The van der Waals surface area contributed by atoms with E-state index in [4.69, 9.17) is 9.47 Å². The molecule has 1 fully saturated rings. The zero-order valence-electron chi connectivity index (χ0n) is 17.3. The Balaban J connectivity index is 2.12. The van der Waals surface area contributed by atoms with E-state index < -0.39 is 12.0 Å². The summed E-state index contributed by atoms with van der Waals surface area (Å²) >= 11 is 0. The quantitative estimate of drug-likeness (QED) is 0.652. The van der Waals surface area contributed by atoms with Gasteiger partial charge in [0, 0.05) is 25.9 Å². The van der Waals surface area contributed by atoms with Gasteiger partial charge < -0.3 is 24.8 Å². The zero-order chi connectivity index (χ0) is 21.4. The summed E-state index contributed by atoms with van der Waals surface area (Å²) in [7, 11) is 1.52. The number of rotatable bonds is 9. The summed E-state index contributed by atoms with van der Waals surface area (Å²) in [6, 6.07) is 4.51. The summed E-state index contributed by atoms with van der Waals surface area (Å²) in [4.78, 5) is 37.3. The van der Waals surface area contributed by atoms with Crippen LogP contribution in [0.4, 0.5) is 0 Å². The number of hydrogen-bond donors (Lipinski definition) is 2. The molecule has 0 spiro atoms. The van der Waals surface area contributed by atoms with E-state index in [0.717, 1.165) is 6.42 Å². The molecule has 1 aliphatic rings. The molecule has 1 saturated heterocycles. The van der Waals surface area contributed by atoms with Crippen LogP contribution in [0, 0.1) is 5.92 Å². The molecule has 1 unspecified atom stereocenters. The monoisotopic (exact) mass is 406 g/mol. The first-order valence-electron chi connectivity index (χ1n) is 9.94. The summed E-state index contributed by atoms with van der Waals surface area (Å²) in [6.07, 6.45) is 1.75. The Morgan fingerprint density at radius 3 is 2.48 bits per heavy atom. The Labute approximate surface area is 171 Å². The number of hydrogen-bond acceptors (Lipinski definition) is 5. The van der Waals surface area contributed by atoms with Crippen LogP contribution < -0.4 is 14.8 Å². The molecule has 0 aliphatic carbocycles. The fourth-order valence-electron chi connectivity index (χ4n) is 3.41. The average molecular weight is 406 g/mol. The highest BCUT2D eigenvalue weighted by Crippen LogP contribution is 2.32. The summed E-state index contributed by atoms with van der Waals surface area (Å²) in [5, 5.41) is 12.2. The number of carbonyl (C=O) groups is 3. The third kappa shape index (κ3) is 6.37. The van der Waals surface area contributed by atoms with Crippen molar-refractivity contribution in [1.29, 1.82) is 0 Å². The first-order chi connectivity index (χ1) is 13.8. The molecule has 8 nitrogen and oxygen atoms in total. The zero-order valence-corrected chi connectivity index (χ0v) is 17.3. The molecule has 29 heavy (non-hydrogen) atoms. The van der Waals surface area contributed by atoms with Gasteiger partial charge in [-0.05, 0) is 37.0 Å². The Kier molecular flexibility index (Phi) is 8.30. The first-order valence-corrected chi connectivity index (χ1v) is 9.94. The van der Waals surface area contributed by atoms with Crippen LogP contribution in [0.5, 0.6) is 11.5 Å². The molecule has 0 saturated carbocycles. The molecule has 2 amide bonds. The number of likely N-dealkylation sites (tertiary alicyclic amines) is 1. The molecule has 8 heteroatoms. The molecule has 2 rings (SSSR count). The molecule has 1 heterocycles. The van der Waals surface area contributed by atoms with Gasteiger partial charge in [0.1, 0.15) is 0 Å². The number of nitrogens with zero attached hydrogens (tertiary/aromatic N) is 1. The van der Waals surface area contributed by atoms with E-state index in [-0.39, 0.29) is 24.2 Å². The Bertz CT molecular complexity index is 728. The highest BCUT2D eigenvalue weighted by Gasteiger charge is 2.28. The first kappa shape index (κ1) is 22.5. The van der Waals surface area contributed by atoms with Crippen molar-refractivity contribution in [2.75, 3.05) is 26.8 Å². The van der Waals surface area contributed by atoms with Gasteiger partial charge in [-0.3, -0.25) is 14.4 Å². The van der Waals surface area contributed by atoms with Crippen LogP contribution in [0.2, 0.25) is 0 Å². The number of carboxylic acid groups (broad SMARTS) is 1. The van der Waals surface area contributed by atoms with Crippen molar-refractivity contribution in [2.45, 2.75) is 45.6 Å². The molecule has 160 valence electrons. The fraction of sp³-hybridized carbons (Fsp3) is 0.571. The SMILES string of the molecule is CCCOc1ccc(C(CC(=O)O)NC(=O)C2CCN(C(C)=O)CC2)cc1OC. The molecule has 0 radical (unpaired) electrons. The topological polar surface area (TPSA) is 105 Å². The van der Waals surface area contributed by atoms with E-state index in [1.165, 1.54) is 14.0 Å². The highest BCUT2D eigenvalue weighted by molar-refractivity contribution is 5.81. The van der Waals surface area contributed by atoms with Crippen molar-refractivity contribution in [3.05, 3.63) is 23.8 Å². The Morgan fingerprint density at radius 2 is 1.93 bits per heavy atom. The predicted octanol–water partition coefficient (Wildman–Crippen LogP) is 2.37. The molecule has 1 aromatic carbocycles. The van der Waals surface area contributed by atoms with Gasteiger partial charge in [-0.2, -0.15) is 0 Å². The number of piperidine rings is 1. The molecular weight excluding hydrogens is 376 g/mol. The molecule has 0 aromatic heterocycles. The van der Waals surface area contributed by atoms with Gasteiger partial charge in [0.05, 0.1) is 26.2 Å². The molecule has 2 N–H and O–H groups in total. The van der Waals surface area contributed by atoms with Gasteiger partial charge in [0.25, 0.3) is 0 Å². The van der Waals surface area contributed by atoms with E-state index in [0.29, 0.717) is 49.6 Å². The highest BCUT2D eigenvalue weighted by atomic mass is 16.5.